The molecule has 4 aromatic rings. The lowest BCUT2D eigenvalue weighted by atomic mass is 9.99. The van der Waals surface area contributed by atoms with Crippen LogP contribution in [0.15, 0.2) is 73.1 Å². The van der Waals surface area contributed by atoms with E-state index < -0.39 is 0 Å². The molecule has 0 spiro atoms. The molecule has 0 aliphatic carbocycles. The first-order valence-electron chi connectivity index (χ1n) is 9.12. The van der Waals surface area contributed by atoms with Crippen molar-refractivity contribution in [2.75, 3.05) is 0 Å². The van der Waals surface area contributed by atoms with Crippen molar-refractivity contribution in [2.24, 2.45) is 0 Å². The molecule has 2 aromatic heterocycles. The van der Waals surface area contributed by atoms with E-state index in [1.54, 1.807) is 17.5 Å². The Morgan fingerprint density at radius 3 is 2.38 bits per heavy atom. The molecule has 5 rings (SSSR count). The van der Waals surface area contributed by atoms with E-state index in [-0.39, 0.29) is 6.04 Å². The van der Waals surface area contributed by atoms with E-state index in [0.29, 0.717) is 5.69 Å². The summed E-state index contributed by atoms with van der Waals surface area (Å²) < 4.78 is 2.41. The number of thiophene rings is 1. The molecule has 5 heteroatoms. The van der Waals surface area contributed by atoms with Crippen LogP contribution in [0.1, 0.15) is 11.3 Å². The lowest BCUT2D eigenvalue weighted by molar-refractivity contribution is 0.844. The van der Waals surface area contributed by atoms with Gasteiger partial charge in [0, 0.05) is 26.4 Å². The predicted molar refractivity (Wildman–Crippen MR) is 117 cm³/mol. The Morgan fingerprint density at radius 1 is 0.897 bits per heavy atom. The molecular weight excluding hydrogens is 376 g/mol. The van der Waals surface area contributed by atoms with E-state index in [1.165, 1.54) is 20.2 Å². The molecule has 3 heterocycles. The quantitative estimate of drug-likeness (QED) is 0.499. The van der Waals surface area contributed by atoms with Gasteiger partial charge in [0.1, 0.15) is 17.8 Å². The number of hydrogen-bond donors (Lipinski definition) is 1. The lowest BCUT2D eigenvalue weighted by Gasteiger charge is -2.13. The average Bonchev–Trinajstić information content (AvgIpc) is 3.16. The van der Waals surface area contributed by atoms with Crippen LogP contribution in [0.4, 0.5) is 0 Å². The SMILES string of the molecule is N#Cc1cc(-c2ccc3c(c2)sc2cc(C4=CC(C#N)NC=C4)ccc23)ccn1. The van der Waals surface area contributed by atoms with Gasteiger partial charge in [0.15, 0.2) is 0 Å². The summed E-state index contributed by atoms with van der Waals surface area (Å²) in [6.45, 7) is 0. The summed E-state index contributed by atoms with van der Waals surface area (Å²) in [6, 6.07) is 20.6. The Hall–Kier alpha value is -3.93. The molecule has 2 aromatic carbocycles. The van der Waals surface area contributed by atoms with Crippen LogP contribution < -0.4 is 5.32 Å². The summed E-state index contributed by atoms with van der Waals surface area (Å²) in [4.78, 5) is 4.05. The summed E-state index contributed by atoms with van der Waals surface area (Å²) in [5, 5.41) is 23.7. The second kappa shape index (κ2) is 6.91. The zero-order valence-corrected chi connectivity index (χ0v) is 16.1. The number of nitrogens with one attached hydrogen (secondary N) is 1. The highest BCUT2D eigenvalue weighted by molar-refractivity contribution is 7.25. The minimum Gasteiger partial charge on any atom is -0.373 e. The summed E-state index contributed by atoms with van der Waals surface area (Å²) in [5.41, 5.74) is 4.64. The van der Waals surface area contributed by atoms with Crippen LogP contribution in [-0.2, 0) is 0 Å². The Kier molecular flexibility index (Phi) is 4.09. The maximum absolute atomic E-state index is 9.17. The van der Waals surface area contributed by atoms with E-state index in [4.69, 9.17) is 10.5 Å². The molecule has 1 unspecified atom stereocenters. The molecule has 0 fully saturated rings. The first-order chi connectivity index (χ1) is 14.2. The molecule has 0 saturated heterocycles. The molecule has 4 nitrogen and oxygen atoms in total. The number of benzene rings is 2. The highest BCUT2D eigenvalue weighted by atomic mass is 32.1. The van der Waals surface area contributed by atoms with Gasteiger partial charge in [-0.05, 0) is 64.9 Å². The van der Waals surface area contributed by atoms with Crippen LogP contribution in [0, 0.1) is 22.7 Å². The number of nitriles is 2. The molecule has 29 heavy (non-hydrogen) atoms. The van der Waals surface area contributed by atoms with Crippen LogP contribution >= 0.6 is 11.3 Å². The molecule has 0 bridgehead atoms. The van der Waals surface area contributed by atoms with Gasteiger partial charge in [-0.25, -0.2) is 4.98 Å². The fourth-order valence-electron chi connectivity index (χ4n) is 3.60. The fourth-order valence-corrected chi connectivity index (χ4v) is 4.78. The monoisotopic (exact) mass is 390 g/mol. The molecule has 0 radical (unpaired) electrons. The van der Waals surface area contributed by atoms with E-state index in [1.807, 2.05) is 30.5 Å². The third-order valence-electron chi connectivity index (χ3n) is 5.04. The zero-order valence-electron chi connectivity index (χ0n) is 15.3. The van der Waals surface area contributed by atoms with Gasteiger partial charge >= 0.3 is 0 Å². The number of pyridine rings is 1. The second-order valence-electron chi connectivity index (χ2n) is 6.79. The summed E-state index contributed by atoms with van der Waals surface area (Å²) >= 11 is 1.75. The van der Waals surface area contributed by atoms with E-state index >= 15 is 0 Å². The van der Waals surface area contributed by atoms with Gasteiger partial charge in [-0.3, -0.25) is 0 Å². The maximum Gasteiger partial charge on any atom is 0.141 e. The van der Waals surface area contributed by atoms with Gasteiger partial charge in [0.05, 0.1) is 6.07 Å². The van der Waals surface area contributed by atoms with Crippen molar-refractivity contribution in [3.63, 3.8) is 0 Å². The number of rotatable bonds is 2. The number of nitrogens with zero attached hydrogens (tertiary/aromatic N) is 3. The standard InChI is InChI=1S/C24H14N4S/c25-13-19-9-17(5-7-27-19)15-1-3-21-22-4-2-16(12-24(22)29-23(21)11-15)18-6-8-28-20(10-18)14-26/h1-12,19,27H. The smallest absolute Gasteiger partial charge is 0.141 e. The highest BCUT2D eigenvalue weighted by Gasteiger charge is 2.12. The van der Waals surface area contributed by atoms with Crippen molar-refractivity contribution in [1.29, 1.82) is 10.5 Å². The van der Waals surface area contributed by atoms with Gasteiger partial charge in [-0.1, -0.05) is 24.3 Å². The molecule has 0 amide bonds. The van der Waals surface area contributed by atoms with Crippen LogP contribution in [0.2, 0.25) is 0 Å². The Balaban J connectivity index is 1.60. The second-order valence-corrected chi connectivity index (χ2v) is 7.88. The number of dihydropyridines is 1. The normalized spacial score (nSPS) is 15.5. The Bertz CT molecular complexity index is 1410. The minimum absolute atomic E-state index is 0.297. The Morgan fingerprint density at radius 2 is 1.62 bits per heavy atom. The van der Waals surface area contributed by atoms with Crippen molar-refractivity contribution in [3.8, 4) is 23.3 Å². The first kappa shape index (κ1) is 17.2. The maximum atomic E-state index is 9.17. The van der Waals surface area contributed by atoms with E-state index in [2.05, 4.69) is 58.8 Å². The third kappa shape index (κ3) is 3.04. The minimum atomic E-state index is -0.297. The lowest BCUT2D eigenvalue weighted by Crippen LogP contribution is -2.22. The number of allylic oxidation sites excluding steroid dienone is 2. The van der Waals surface area contributed by atoms with Crippen molar-refractivity contribution in [2.45, 2.75) is 6.04 Å². The Labute approximate surface area is 171 Å². The molecule has 1 atom stereocenters. The molecule has 1 aliphatic heterocycles. The van der Waals surface area contributed by atoms with E-state index in [9.17, 15) is 0 Å². The number of hydrogen-bond acceptors (Lipinski definition) is 5. The molecule has 0 saturated carbocycles. The van der Waals surface area contributed by atoms with Crippen LogP contribution in [0.25, 0.3) is 36.9 Å². The summed E-state index contributed by atoms with van der Waals surface area (Å²) in [5.74, 6) is 0. The molecule has 136 valence electrons. The molecule has 1 aliphatic rings. The molecule has 1 N–H and O–H groups in total. The molecular formula is C24H14N4S. The van der Waals surface area contributed by atoms with Crippen molar-refractivity contribution < 1.29 is 0 Å². The zero-order chi connectivity index (χ0) is 19.8. The van der Waals surface area contributed by atoms with Crippen LogP contribution in [0.5, 0.6) is 0 Å². The van der Waals surface area contributed by atoms with Crippen LogP contribution in [0.3, 0.4) is 0 Å². The van der Waals surface area contributed by atoms with Gasteiger partial charge in [0.25, 0.3) is 0 Å². The topological polar surface area (TPSA) is 72.5 Å². The van der Waals surface area contributed by atoms with Crippen molar-refractivity contribution in [3.05, 3.63) is 84.3 Å². The largest absolute Gasteiger partial charge is 0.373 e. The highest BCUT2D eigenvalue weighted by Crippen LogP contribution is 2.38. The first-order valence-corrected chi connectivity index (χ1v) is 9.94. The fraction of sp³-hybridized carbons (Fsp3) is 0.0417. The summed E-state index contributed by atoms with van der Waals surface area (Å²) in [7, 11) is 0. The number of fused-ring (bicyclic) bond motifs is 3. The van der Waals surface area contributed by atoms with Gasteiger partial charge in [-0.15, -0.1) is 11.3 Å². The van der Waals surface area contributed by atoms with Crippen molar-refractivity contribution in [1.82, 2.24) is 10.3 Å². The van der Waals surface area contributed by atoms with Crippen molar-refractivity contribution >= 4 is 37.1 Å². The predicted octanol–water partition coefficient (Wildman–Crippen LogP) is 5.38. The van der Waals surface area contributed by atoms with Gasteiger partial charge in [0.2, 0.25) is 0 Å². The van der Waals surface area contributed by atoms with Gasteiger partial charge < -0.3 is 5.32 Å². The summed E-state index contributed by atoms with van der Waals surface area (Å²) in [6.07, 6.45) is 7.44. The van der Waals surface area contributed by atoms with E-state index in [0.717, 1.165) is 22.3 Å². The third-order valence-corrected chi connectivity index (χ3v) is 6.15. The van der Waals surface area contributed by atoms with Gasteiger partial charge in [-0.2, -0.15) is 10.5 Å². The van der Waals surface area contributed by atoms with Crippen LogP contribution in [-0.4, -0.2) is 11.0 Å². The average molecular weight is 390 g/mol. The number of aromatic nitrogens is 1.